The van der Waals surface area contributed by atoms with Gasteiger partial charge in [-0.15, -0.1) is 0 Å². The summed E-state index contributed by atoms with van der Waals surface area (Å²) in [4.78, 5) is 32.7. The lowest BCUT2D eigenvalue weighted by molar-refractivity contribution is -0.384. The Balaban J connectivity index is 1.82. The van der Waals surface area contributed by atoms with Crippen LogP contribution in [0.3, 0.4) is 0 Å². The van der Waals surface area contributed by atoms with Gasteiger partial charge in [0.2, 0.25) is 0 Å². The van der Waals surface area contributed by atoms with E-state index in [0.717, 1.165) is 11.3 Å². The molecule has 0 unspecified atom stereocenters. The number of carbonyl (C=O) groups excluding carboxylic acids is 1. The van der Waals surface area contributed by atoms with Crippen molar-refractivity contribution in [3.63, 3.8) is 0 Å². The molecule has 0 atom stereocenters. The largest absolute Gasteiger partial charge is 0.423 e. The standard InChI is InChI=1S/C14H7NO6S/c16-13(8-1-3-9(4-2-8)15(18)19)20-10-5-6-11-12(7-10)22-14(17)21-11/h1-7H. The molecule has 22 heavy (non-hydrogen) atoms. The molecule has 0 spiro atoms. The number of nitrogens with zero attached hydrogens (tertiary/aromatic N) is 1. The molecule has 0 amide bonds. The summed E-state index contributed by atoms with van der Waals surface area (Å²) in [5.41, 5.74) is 0.498. The number of rotatable bonds is 3. The number of ether oxygens (including phenoxy) is 1. The highest BCUT2D eigenvalue weighted by Crippen LogP contribution is 2.23. The molecule has 3 rings (SSSR count). The van der Waals surface area contributed by atoms with Crippen LogP contribution in [0.1, 0.15) is 10.4 Å². The van der Waals surface area contributed by atoms with Gasteiger partial charge in [0.15, 0.2) is 0 Å². The molecule has 1 aromatic heterocycles. The molecule has 0 saturated heterocycles. The van der Waals surface area contributed by atoms with Gasteiger partial charge in [0, 0.05) is 18.2 Å². The number of fused-ring (bicyclic) bond motifs is 1. The molecular formula is C14H7NO6S. The van der Waals surface area contributed by atoms with Crippen LogP contribution in [0.2, 0.25) is 0 Å². The van der Waals surface area contributed by atoms with Gasteiger partial charge in [-0.3, -0.25) is 10.1 Å². The average molecular weight is 317 g/mol. The minimum atomic E-state index is -0.648. The van der Waals surface area contributed by atoms with E-state index in [1.54, 1.807) is 0 Å². The molecule has 1 heterocycles. The summed E-state index contributed by atoms with van der Waals surface area (Å²) in [5, 5.41) is 10.6. The van der Waals surface area contributed by atoms with Crippen LogP contribution in [0, 0.1) is 10.1 Å². The SMILES string of the molecule is O=C(Oc1ccc2oc(=O)sc2c1)c1ccc([N+](=O)[O-])cc1. The smallest absolute Gasteiger partial charge is 0.396 e. The molecule has 0 saturated carbocycles. The Labute approximate surface area is 126 Å². The second-order valence-electron chi connectivity index (χ2n) is 4.26. The van der Waals surface area contributed by atoms with E-state index < -0.39 is 15.8 Å². The van der Waals surface area contributed by atoms with Crippen molar-refractivity contribution in [3.8, 4) is 5.75 Å². The Morgan fingerprint density at radius 2 is 1.91 bits per heavy atom. The minimum absolute atomic E-state index is 0.110. The number of hydrogen-bond acceptors (Lipinski definition) is 7. The van der Waals surface area contributed by atoms with Gasteiger partial charge in [0.1, 0.15) is 11.3 Å². The van der Waals surface area contributed by atoms with Crippen LogP contribution in [0.5, 0.6) is 5.75 Å². The molecule has 110 valence electrons. The van der Waals surface area contributed by atoms with Crippen molar-refractivity contribution in [3.05, 3.63) is 67.9 Å². The topological polar surface area (TPSA) is 99.7 Å². The predicted octanol–water partition coefficient (Wildman–Crippen LogP) is 2.98. The maximum Gasteiger partial charge on any atom is 0.396 e. The van der Waals surface area contributed by atoms with Crippen molar-refractivity contribution in [2.45, 2.75) is 0 Å². The molecule has 0 N–H and O–H groups in total. The molecule has 0 fully saturated rings. The first-order valence-electron chi connectivity index (χ1n) is 6.03. The normalized spacial score (nSPS) is 10.5. The van der Waals surface area contributed by atoms with Crippen LogP contribution in [0.15, 0.2) is 51.7 Å². The van der Waals surface area contributed by atoms with Gasteiger partial charge < -0.3 is 9.15 Å². The highest BCUT2D eigenvalue weighted by Gasteiger charge is 2.12. The molecule has 0 aliphatic heterocycles. The molecule has 2 aromatic carbocycles. The lowest BCUT2D eigenvalue weighted by Crippen LogP contribution is -2.08. The zero-order chi connectivity index (χ0) is 15.7. The van der Waals surface area contributed by atoms with E-state index in [0.29, 0.717) is 10.3 Å². The van der Waals surface area contributed by atoms with Crippen molar-refractivity contribution in [2.24, 2.45) is 0 Å². The molecule has 0 radical (unpaired) electrons. The number of benzene rings is 2. The highest BCUT2D eigenvalue weighted by atomic mass is 32.1. The van der Waals surface area contributed by atoms with Crippen molar-refractivity contribution in [1.29, 1.82) is 0 Å². The van der Waals surface area contributed by atoms with Gasteiger partial charge in [-0.25, -0.2) is 9.59 Å². The third-order valence-electron chi connectivity index (χ3n) is 2.83. The number of non-ortho nitro benzene ring substituents is 1. The monoisotopic (exact) mass is 317 g/mol. The molecule has 0 bridgehead atoms. The Hall–Kier alpha value is -3.00. The van der Waals surface area contributed by atoms with E-state index in [9.17, 15) is 19.7 Å². The summed E-state index contributed by atoms with van der Waals surface area (Å²) in [7, 11) is 0. The van der Waals surface area contributed by atoms with E-state index in [1.165, 1.54) is 42.5 Å². The summed E-state index contributed by atoms with van der Waals surface area (Å²) < 4.78 is 10.6. The Kier molecular flexibility index (Phi) is 3.43. The third-order valence-corrected chi connectivity index (χ3v) is 3.62. The van der Waals surface area contributed by atoms with Crippen LogP contribution >= 0.6 is 11.3 Å². The van der Waals surface area contributed by atoms with Crippen molar-refractivity contribution in [1.82, 2.24) is 0 Å². The number of esters is 1. The zero-order valence-electron chi connectivity index (χ0n) is 10.8. The average Bonchev–Trinajstić information content (AvgIpc) is 2.86. The fraction of sp³-hybridized carbons (Fsp3) is 0. The second-order valence-corrected chi connectivity index (χ2v) is 5.23. The number of nitro groups is 1. The first-order chi connectivity index (χ1) is 10.5. The van der Waals surface area contributed by atoms with Crippen molar-refractivity contribution in [2.75, 3.05) is 0 Å². The Bertz CT molecular complexity index is 924. The Morgan fingerprint density at radius 1 is 1.18 bits per heavy atom. The Morgan fingerprint density at radius 3 is 2.59 bits per heavy atom. The molecular weight excluding hydrogens is 310 g/mol. The van der Waals surface area contributed by atoms with E-state index in [4.69, 9.17) is 9.15 Å². The minimum Gasteiger partial charge on any atom is -0.423 e. The first kappa shape index (κ1) is 14.0. The zero-order valence-corrected chi connectivity index (χ0v) is 11.7. The number of carbonyl (C=O) groups is 1. The summed E-state index contributed by atoms with van der Waals surface area (Å²) >= 11 is 0.906. The summed E-state index contributed by atoms with van der Waals surface area (Å²) in [5.74, 6) is -0.391. The van der Waals surface area contributed by atoms with Crippen LogP contribution in [-0.4, -0.2) is 10.9 Å². The van der Waals surface area contributed by atoms with Crippen molar-refractivity contribution >= 4 is 33.3 Å². The molecule has 7 nitrogen and oxygen atoms in total. The van der Waals surface area contributed by atoms with Gasteiger partial charge in [0.05, 0.1) is 15.2 Å². The number of hydrogen-bond donors (Lipinski definition) is 0. The lowest BCUT2D eigenvalue weighted by atomic mass is 10.2. The first-order valence-corrected chi connectivity index (χ1v) is 6.85. The van der Waals surface area contributed by atoms with Crippen LogP contribution in [0.4, 0.5) is 5.69 Å². The van der Waals surface area contributed by atoms with Gasteiger partial charge >= 0.3 is 10.9 Å². The lowest BCUT2D eigenvalue weighted by Gasteiger charge is -2.03. The highest BCUT2D eigenvalue weighted by molar-refractivity contribution is 7.16. The number of nitro benzene ring substituents is 1. The third kappa shape index (κ3) is 2.72. The van der Waals surface area contributed by atoms with Crippen molar-refractivity contribution < 1.29 is 18.9 Å². The van der Waals surface area contributed by atoms with E-state index in [2.05, 4.69) is 0 Å². The van der Waals surface area contributed by atoms with E-state index in [-0.39, 0.29) is 17.0 Å². The second kappa shape index (κ2) is 5.41. The molecule has 8 heteroatoms. The maximum absolute atomic E-state index is 12.0. The molecule has 0 aliphatic rings. The molecule has 3 aromatic rings. The van der Waals surface area contributed by atoms with Crippen LogP contribution in [-0.2, 0) is 0 Å². The fourth-order valence-electron chi connectivity index (χ4n) is 1.80. The van der Waals surface area contributed by atoms with E-state index in [1.807, 2.05) is 0 Å². The summed E-state index contributed by atoms with van der Waals surface area (Å²) in [6.07, 6.45) is 0. The van der Waals surface area contributed by atoms with Gasteiger partial charge in [-0.1, -0.05) is 11.3 Å². The van der Waals surface area contributed by atoms with Crippen LogP contribution < -0.4 is 9.68 Å². The van der Waals surface area contributed by atoms with Crippen LogP contribution in [0.25, 0.3) is 10.3 Å². The van der Waals surface area contributed by atoms with Gasteiger partial charge in [0.25, 0.3) is 5.69 Å². The predicted molar refractivity (Wildman–Crippen MR) is 78.4 cm³/mol. The molecule has 0 aliphatic carbocycles. The van der Waals surface area contributed by atoms with E-state index >= 15 is 0 Å². The quantitative estimate of drug-likeness (QED) is 0.318. The van der Waals surface area contributed by atoms with Gasteiger partial charge in [-0.05, 0) is 24.3 Å². The summed E-state index contributed by atoms with van der Waals surface area (Å²) in [6, 6.07) is 9.63. The van der Waals surface area contributed by atoms with Gasteiger partial charge in [-0.2, -0.15) is 0 Å². The fourth-order valence-corrected chi connectivity index (χ4v) is 2.50. The summed E-state index contributed by atoms with van der Waals surface area (Å²) in [6.45, 7) is 0. The maximum atomic E-state index is 12.0.